The molecule has 8 heteroatoms. The van der Waals surface area contributed by atoms with Crippen LogP contribution in [0.25, 0.3) is 0 Å². The molecule has 1 aliphatic heterocycles. The molecular formula is C14H15Cl2NO5. The molecule has 1 fully saturated rings. The molecule has 1 amide bonds. The lowest BCUT2D eigenvalue weighted by atomic mass is 10.3. The monoisotopic (exact) mass is 347 g/mol. The topological polar surface area (TPSA) is 76.1 Å². The smallest absolute Gasteiger partial charge is 0.329 e. The highest BCUT2D eigenvalue weighted by Crippen LogP contribution is 2.28. The molecule has 0 aromatic heterocycles. The van der Waals surface area contributed by atoms with E-state index in [4.69, 9.17) is 37.8 Å². The minimum atomic E-state index is -1.10. The highest BCUT2D eigenvalue weighted by Gasteiger charge is 2.27. The number of carboxylic acid groups (broad SMARTS) is 1. The first-order valence-electron chi connectivity index (χ1n) is 6.64. The Hall–Kier alpha value is -1.50. The second-order valence-corrected chi connectivity index (χ2v) is 5.65. The number of halogens is 2. The first-order chi connectivity index (χ1) is 10.5. The number of amides is 1. The Balaban J connectivity index is 1.80. The number of rotatable bonds is 6. The molecule has 1 heterocycles. The summed E-state index contributed by atoms with van der Waals surface area (Å²) in [4.78, 5) is 23.7. The van der Waals surface area contributed by atoms with E-state index >= 15 is 0 Å². The highest BCUT2D eigenvalue weighted by atomic mass is 35.5. The van der Waals surface area contributed by atoms with E-state index in [1.54, 1.807) is 23.1 Å². The first kappa shape index (κ1) is 16.9. The minimum Gasteiger partial charge on any atom is -0.488 e. The Bertz CT molecular complexity index is 566. The Labute approximate surface area is 137 Å². The lowest BCUT2D eigenvalue weighted by Crippen LogP contribution is -2.34. The fourth-order valence-corrected chi connectivity index (χ4v) is 2.40. The highest BCUT2D eigenvalue weighted by molar-refractivity contribution is 6.42. The molecule has 1 atom stereocenters. The van der Waals surface area contributed by atoms with E-state index < -0.39 is 12.6 Å². The fraction of sp³-hybridized carbons (Fsp3) is 0.429. The van der Waals surface area contributed by atoms with E-state index in [-0.39, 0.29) is 18.6 Å². The number of ether oxygens (including phenoxy) is 2. The fourth-order valence-electron chi connectivity index (χ4n) is 2.11. The van der Waals surface area contributed by atoms with Crippen molar-refractivity contribution >= 4 is 35.1 Å². The van der Waals surface area contributed by atoms with Crippen molar-refractivity contribution in [2.45, 2.75) is 12.5 Å². The molecule has 6 nitrogen and oxygen atoms in total. The lowest BCUT2D eigenvalue weighted by Gasteiger charge is -2.17. The van der Waals surface area contributed by atoms with Gasteiger partial charge in [0, 0.05) is 19.0 Å². The summed E-state index contributed by atoms with van der Waals surface area (Å²) in [7, 11) is 0. The quantitative estimate of drug-likeness (QED) is 0.852. The molecule has 1 aromatic rings. The Kier molecular flexibility index (Phi) is 5.88. The van der Waals surface area contributed by atoms with Gasteiger partial charge in [0.05, 0.1) is 16.6 Å². The molecule has 1 aliphatic rings. The number of benzene rings is 1. The molecule has 0 radical (unpaired) electrons. The summed E-state index contributed by atoms with van der Waals surface area (Å²) in [6.07, 6.45) is 0.547. The van der Waals surface area contributed by atoms with Crippen LogP contribution in [0.3, 0.4) is 0 Å². The summed E-state index contributed by atoms with van der Waals surface area (Å²) < 4.78 is 10.6. The molecular weight excluding hydrogens is 333 g/mol. The normalized spacial score (nSPS) is 17.5. The minimum absolute atomic E-state index is 0.138. The van der Waals surface area contributed by atoms with Gasteiger partial charge in [0.2, 0.25) is 5.91 Å². The summed E-state index contributed by atoms with van der Waals surface area (Å²) in [5.41, 5.74) is 0. The number of hydrogen-bond acceptors (Lipinski definition) is 4. The van der Waals surface area contributed by atoms with Crippen LogP contribution in [-0.2, 0) is 14.3 Å². The summed E-state index contributed by atoms with van der Waals surface area (Å²) in [5.74, 6) is -0.757. The third kappa shape index (κ3) is 4.76. The third-order valence-electron chi connectivity index (χ3n) is 3.14. The summed E-state index contributed by atoms with van der Waals surface area (Å²) in [6, 6.07) is 5.00. The van der Waals surface area contributed by atoms with Gasteiger partial charge in [-0.25, -0.2) is 4.79 Å². The number of nitrogens with zero attached hydrogens (tertiary/aromatic N) is 1. The van der Waals surface area contributed by atoms with Gasteiger partial charge in [-0.3, -0.25) is 4.79 Å². The van der Waals surface area contributed by atoms with Crippen molar-refractivity contribution in [1.82, 2.24) is 4.90 Å². The Morgan fingerprint density at radius 1 is 1.27 bits per heavy atom. The zero-order valence-corrected chi connectivity index (χ0v) is 13.1. The van der Waals surface area contributed by atoms with Crippen molar-refractivity contribution in [3.05, 3.63) is 28.2 Å². The summed E-state index contributed by atoms with van der Waals surface area (Å²) in [5, 5.41) is 9.31. The third-order valence-corrected chi connectivity index (χ3v) is 3.88. The van der Waals surface area contributed by atoms with Gasteiger partial charge in [0.25, 0.3) is 0 Å². The Morgan fingerprint density at radius 2 is 2.05 bits per heavy atom. The second-order valence-electron chi connectivity index (χ2n) is 4.83. The molecule has 0 saturated carbocycles. The maximum Gasteiger partial charge on any atom is 0.329 e. The Morgan fingerprint density at radius 3 is 2.73 bits per heavy atom. The van der Waals surface area contributed by atoms with E-state index in [1.807, 2.05) is 0 Å². The zero-order valence-electron chi connectivity index (χ0n) is 11.6. The largest absolute Gasteiger partial charge is 0.488 e. The van der Waals surface area contributed by atoms with Gasteiger partial charge in [0.1, 0.15) is 25.1 Å². The number of carboxylic acids is 1. The van der Waals surface area contributed by atoms with Gasteiger partial charge in [-0.1, -0.05) is 23.2 Å². The van der Waals surface area contributed by atoms with E-state index in [2.05, 4.69) is 0 Å². The molecule has 1 N–H and O–H groups in total. The van der Waals surface area contributed by atoms with Crippen LogP contribution in [0.5, 0.6) is 5.75 Å². The molecule has 120 valence electrons. The predicted octanol–water partition coefficient (Wildman–Crippen LogP) is 2.07. The van der Waals surface area contributed by atoms with Crippen molar-refractivity contribution in [2.24, 2.45) is 0 Å². The second kappa shape index (κ2) is 7.67. The number of carbonyl (C=O) groups is 2. The maximum absolute atomic E-state index is 11.8. The SMILES string of the molecule is O=C(O)COCC(=O)N1CCC(Oc2ccc(Cl)c(Cl)c2)C1. The molecule has 0 spiro atoms. The van der Waals surface area contributed by atoms with Gasteiger partial charge in [0.15, 0.2) is 0 Å². The van der Waals surface area contributed by atoms with E-state index in [0.29, 0.717) is 35.3 Å². The maximum atomic E-state index is 11.8. The van der Waals surface area contributed by atoms with Gasteiger partial charge in [-0.05, 0) is 12.1 Å². The predicted molar refractivity (Wildman–Crippen MR) is 80.5 cm³/mol. The first-order valence-corrected chi connectivity index (χ1v) is 7.40. The van der Waals surface area contributed by atoms with Crippen LogP contribution in [-0.4, -0.2) is 54.3 Å². The van der Waals surface area contributed by atoms with Crippen molar-refractivity contribution in [3.8, 4) is 5.75 Å². The van der Waals surface area contributed by atoms with Crippen LogP contribution in [0.15, 0.2) is 18.2 Å². The number of carbonyl (C=O) groups excluding carboxylic acids is 1. The van der Waals surface area contributed by atoms with E-state index in [0.717, 1.165) is 0 Å². The molecule has 1 unspecified atom stereocenters. The summed E-state index contributed by atoms with van der Waals surface area (Å²) in [6.45, 7) is 0.241. The van der Waals surface area contributed by atoms with Crippen LogP contribution in [0.1, 0.15) is 6.42 Å². The lowest BCUT2D eigenvalue weighted by molar-refractivity contribution is -0.145. The van der Waals surface area contributed by atoms with E-state index in [1.165, 1.54) is 0 Å². The van der Waals surface area contributed by atoms with Gasteiger partial charge < -0.3 is 19.5 Å². The van der Waals surface area contributed by atoms with Crippen molar-refractivity contribution < 1.29 is 24.2 Å². The average molecular weight is 348 g/mol. The zero-order chi connectivity index (χ0) is 16.1. The molecule has 2 rings (SSSR count). The molecule has 1 saturated heterocycles. The van der Waals surface area contributed by atoms with Gasteiger partial charge in [-0.15, -0.1) is 0 Å². The molecule has 22 heavy (non-hydrogen) atoms. The van der Waals surface area contributed by atoms with E-state index in [9.17, 15) is 9.59 Å². The van der Waals surface area contributed by atoms with Crippen LogP contribution in [0, 0.1) is 0 Å². The molecule has 0 aliphatic carbocycles. The molecule has 1 aromatic carbocycles. The standard InChI is InChI=1S/C14H15Cl2NO5/c15-11-2-1-9(5-12(11)16)22-10-3-4-17(6-10)13(18)7-21-8-14(19)20/h1-2,5,10H,3-4,6-8H2,(H,19,20). The van der Waals surface area contributed by atoms with Crippen LogP contribution in [0.4, 0.5) is 0 Å². The van der Waals surface area contributed by atoms with Crippen molar-refractivity contribution in [1.29, 1.82) is 0 Å². The van der Waals surface area contributed by atoms with Crippen LogP contribution < -0.4 is 4.74 Å². The number of aliphatic carboxylic acids is 1. The van der Waals surface area contributed by atoms with Crippen LogP contribution >= 0.6 is 23.2 Å². The van der Waals surface area contributed by atoms with Crippen molar-refractivity contribution in [3.63, 3.8) is 0 Å². The molecule has 0 bridgehead atoms. The van der Waals surface area contributed by atoms with Crippen molar-refractivity contribution in [2.75, 3.05) is 26.3 Å². The summed E-state index contributed by atoms with van der Waals surface area (Å²) >= 11 is 11.8. The average Bonchev–Trinajstić information content (AvgIpc) is 2.91. The number of likely N-dealkylation sites (tertiary alicyclic amines) is 1. The van der Waals surface area contributed by atoms with Crippen LogP contribution in [0.2, 0.25) is 10.0 Å². The van der Waals surface area contributed by atoms with Gasteiger partial charge >= 0.3 is 5.97 Å². The van der Waals surface area contributed by atoms with Gasteiger partial charge in [-0.2, -0.15) is 0 Å². The number of hydrogen-bond donors (Lipinski definition) is 1.